The Morgan fingerprint density at radius 1 is 0.479 bits per heavy atom. The molecule has 262 valence electrons. The molecule has 3 rings (SSSR count). The van der Waals surface area contributed by atoms with E-state index in [0.717, 1.165) is 25.9 Å². The number of pyridine rings is 2. The molecule has 0 fully saturated rings. The fraction of sp³-hybridized carbons (Fsp3) is 0.571. The highest BCUT2D eigenvalue weighted by molar-refractivity contribution is 6.06. The smallest absolute Gasteiger partial charge is 0.261 e. The normalized spacial score (nSPS) is 11.0. The average molecular weight is 657 g/mol. The van der Waals surface area contributed by atoms with Crippen LogP contribution in [0.1, 0.15) is 163 Å². The van der Waals surface area contributed by atoms with Crippen molar-refractivity contribution in [3.63, 3.8) is 0 Å². The minimum Gasteiger partial charge on any atom is -0.322 e. The van der Waals surface area contributed by atoms with E-state index in [-0.39, 0.29) is 11.8 Å². The maximum Gasteiger partial charge on any atom is 0.261 e. The van der Waals surface area contributed by atoms with E-state index in [1.54, 1.807) is 6.07 Å². The summed E-state index contributed by atoms with van der Waals surface area (Å²) in [5.74, 6) is -0.320. The third-order valence-electron chi connectivity index (χ3n) is 9.16. The highest BCUT2D eigenvalue weighted by Crippen LogP contribution is 2.17. The lowest BCUT2D eigenvalue weighted by molar-refractivity contribution is -0.697. The van der Waals surface area contributed by atoms with Crippen molar-refractivity contribution in [3.8, 4) is 0 Å². The maximum absolute atomic E-state index is 13.1. The Balaban J connectivity index is 1.38. The van der Waals surface area contributed by atoms with Crippen LogP contribution in [0.3, 0.4) is 0 Å². The summed E-state index contributed by atoms with van der Waals surface area (Å²) in [6, 6.07) is 14.9. The lowest BCUT2D eigenvalue weighted by Crippen LogP contribution is -2.34. The number of aromatic nitrogens is 2. The lowest BCUT2D eigenvalue weighted by Gasteiger charge is -2.09. The van der Waals surface area contributed by atoms with Crippen molar-refractivity contribution >= 4 is 23.2 Å². The fourth-order valence-corrected chi connectivity index (χ4v) is 6.24. The Kier molecular flexibility index (Phi) is 19.9. The predicted octanol–water partition coefficient (Wildman–Crippen LogP) is 10.6. The van der Waals surface area contributed by atoms with Crippen molar-refractivity contribution < 1.29 is 18.7 Å². The first-order chi connectivity index (χ1) is 23.6. The van der Waals surface area contributed by atoms with Gasteiger partial charge in [0.05, 0.1) is 0 Å². The second-order valence-corrected chi connectivity index (χ2v) is 13.5. The molecular formula is C42H64N4O2+2. The molecule has 0 radical (unpaired) electrons. The molecule has 6 heteroatoms. The van der Waals surface area contributed by atoms with Crippen LogP contribution in [0, 0.1) is 0 Å². The average Bonchev–Trinajstić information content (AvgIpc) is 3.10. The van der Waals surface area contributed by atoms with E-state index in [2.05, 4.69) is 33.6 Å². The number of hydrogen-bond donors (Lipinski definition) is 2. The SMILES string of the molecule is CCCCCCCCCCCC[n+]1cccc(C(=O)Nc2cccc(NC(=O)c3ccc[n+](CCCCCCCCCCCC)c3)c2)c1. The van der Waals surface area contributed by atoms with Crippen molar-refractivity contribution in [1.82, 2.24) is 0 Å². The molecule has 0 aliphatic carbocycles. The summed E-state index contributed by atoms with van der Waals surface area (Å²) in [6.45, 7) is 6.36. The molecule has 0 saturated heterocycles. The van der Waals surface area contributed by atoms with E-state index in [1.807, 2.05) is 67.3 Å². The summed E-state index contributed by atoms with van der Waals surface area (Å²) in [6.07, 6.45) is 34.1. The van der Waals surface area contributed by atoms with Gasteiger partial charge in [-0.25, -0.2) is 9.13 Å². The molecule has 0 aliphatic heterocycles. The van der Waals surface area contributed by atoms with E-state index < -0.39 is 0 Å². The molecule has 0 saturated carbocycles. The first kappa shape index (κ1) is 38.9. The number of unbranched alkanes of at least 4 members (excludes halogenated alkanes) is 18. The fourth-order valence-electron chi connectivity index (χ4n) is 6.24. The number of carbonyl (C=O) groups excluding carboxylic acids is 2. The minimum absolute atomic E-state index is 0.160. The van der Waals surface area contributed by atoms with E-state index in [4.69, 9.17) is 0 Å². The van der Waals surface area contributed by atoms with Gasteiger partial charge in [0.2, 0.25) is 0 Å². The second-order valence-electron chi connectivity index (χ2n) is 13.5. The van der Waals surface area contributed by atoms with Crippen molar-refractivity contribution in [3.05, 3.63) is 84.4 Å². The number of nitrogens with zero attached hydrogens (tertiary/aromatic N) is 2. The van der Waals surface area contributed by atoms with Crippen LogP contribution in [0.15, 0.2) is 73.3 Å². The Hall–Kier alpha value is -3.54. The van der Waals surface area contributed by atoms with Crippen LogP contribution in [-0.4, -0.2) is 11.8 Å². The van der Waals surface area contributed by atoms with Crippen LogP contribution in [0.4, 0.5) is 11.4 Å². The van der Waals surface area contributed by atoms with Crippen molar-refractivity contribution in [2.75, 3.05) is 10.6 Å². The topological polar surface area (TPSA) is 66.0 Å². The number of benzene rings is 1. The summed E-state index contributed by atoms with van der Waals surface area (Å²) < 4.78 is 4.22. The molecule has 2 heterocycles. The number of nitrogens with one attached hydrogen (secondary N) is 2. The van der Waals surface area contributed by atoms with Crippen molar-refractivity contribution in [2.24, 2.45) is 0 Å². The molecule has 0 spiro atoms. The van der Waals surface area contributed by atoms with Gasteiger partial charge >= 0.3 is 0 Å². The Labute approximate surface area is 291 Å². The van der Waals surface area contributed by atoms with Crippen molar-refractivity contribution in [1.29, 1.82) is 0 Å². The molecule has 2 aromatic heterocycles. The van der Waals surface area contributed by atoms with Gasteiger partial charge in [0, 0.05) is 36.3 Å². The maximum atomic E-state index is 13.1. The van der Waals surface area contributed by atoms with Gasteiger partial charge in [0.25, 0.3) is 11.8 Å². The summed E-state index contributed by atoms with van der Waals surface area (Å²) >= 11 is 0. The molecule has 0 unspecified atom stereocenters. The van der Waals surface area contributed by atoms with Crippen LogP contribution in [0.5, 0.6) is 0 Å². The summed E-state index contributed by atoms with van der Waals surface area (Å²) in [5, 5.41) is 6.00. The van der Waals surface area contributed by atoms with E-state index in [0.29, 0.717) is 22.5 Å². The number of amides is 2. The third kappa shape index (κ3) is 16.5. The zero-order valence-electron chi connectivity index (χ0n) is 30.2. The molecule has 2 amide bonds. The summed E-state index contributed by atoms with van der Waals surface area (Å²) in [4.78, 5) is 26.2. The van der Waals surface area contributed by atoms with Gasteiger partial charge in [0.1, 0.15) is 24.2 Å². The largest absolute Gasteiger partial charge is 0.322 e. The van der Waals surface area contributed by atoms with Crippen LogP contribution >= 0.6 is 0 Å². The van der Waals surface area contributed by atoms with Crippen LogP contribution in [0.25, 0.3) is 0 Å². The molecule has 0 atom stereocenters. The Morgan fingerprint density at radius 3 is 1.21 bits per heavy atom. The van der Waals surface area contributed by atoms with Gasteiger partial charge in [-0.15, -0.1) is 0 Å². The Morgan fingerprint density at radius 2 is 0.833 bits per heavy atom. The van der Waals surface area contributed by atoms with E-state index in [1.165, 1.54) is 116 Å². The predicted molar refractivity (Wildman–Crippen MR) is 199 cm³/mol. The molecule has 0 aliphatic rings. The second kappa shape index (κ2) is 24.6. The number of rotatable bonds is 26. The number of anilines is 2. The molecular weight excluding hydrogens is 592 g/mol. The van der Waals surface area contributed by atoms with Gasteiger partial charge in [-0.2, -0.15) is 0 Å². The monoisotopic (exact) mass is 657 g/mol. The van der Waals surface area contributed by atoms with Gasteiger partial charge in [0.15, 0.2) is 24.8 Å². The molecule has 6 nitrogen and oxygen atoms in total. The van der Waals surface area contributed by atoms with Crippen LogP contribution < -0.4 is 19.8 Å². The number of aryl methyl sites for hydroxylation is 2. The highest BCUT2D eigenvalue weighted by Gasteiger charge is 2.14. The summed E-state index contributed by atoms with van der Waals surface area (Å²) in [7, 11) is 0. The number of carbonyl (C=O) groups is 2. The van der Waals surface area contributed by atoms with Gasteiger partial charge < -0.3 is 10.6 Å². The molecule has 2 N–H and O–H groups in total. The van der Waals surface area contributed by atoms with Crippen LogP contribution in [0.2, 0.25) is 0 Å². The molecule has 48 heavy (non-hydrogen) atoms. The zero-order valence-corrected chi connectivity index (χ0v) is 30.2. The lowest BCUT2D eigenvalue weighted by atomic mass is 10.1. The molecule has 1 aromatic carbocycles. The molecule has 3 aromatic rings. The zero-order chi connectivity index (χ0) is 34.1. The quantitative estimate of drug-likeness (QED) is 0.0667. The highest BCUT2D eigenvalue weighted by atomic mass is 16.2. The van der Waals surface area contributed by atoms with E-state index >= 15 is 0 Å². The summed E-state index contributed by atoms with van der Waals surface area (Å²) in [5.41, 5.74) is 2.53. The van der Waals surface area contributed by atoms with Gasteiger partial charge in [-0.1, -0.05) is 123 Å². The molecule has 0 bridgehead atoms. The van der Waals surface area contributed by atoms with Crippen molar-refractivity contribution in [2.45, 2.75) is 155 Å². The van der Waals surface area contributed by atoms with Crippen LogP contribution in [-0.2, 0) is 13.1 Å². The standard InChI is InChI=1S/C42H62N4O2/c1-3-5-7-9-11-13-15-17-19-21-30-45-32-24-26-37(35-45)41(47)43-39-28-23-29-40(34-39)44-42(48)38-27-25-33-46(36-38)31-22-20-18-16-14-12-10-8-6-4-2/h23-29,32-36H,3-22,30-31H2,1-2H3/p+2. The van der Waals surface area contributed by atoms with E-state index in [9.17, 15) is 9.59 Å². The first-order valence-electron chi connectivity index (χ1n) is 19.3. The third-order valence-corrected chi connectivity index (χ3v) is 9.16. The minimum atomic E-state index is -0.160. The number of hydrogen-bond acceptors (Lipinski definition) is 2. The van der Waals surface area contributed by atoms with Gasteiger partial charge in [-0.05, 0) is 43.2 Å². The van der Waals surface area contributed by atoms with Gasteiger partial charge in [-0.3, -0.25) is 9.59 Å². The first-order valence-corrected chi connectivity index (χ1v) is 19.3. The Bertz CT molecular complexity index is 1230.